The van der Waals surface area contributed by atoms with Crippen molar-refractivity contribution < 1.29 is 4.79 Å². The van der Waals surface area contributed by atoms with Crippen LogP contribution >= 0.6 is 15.9 Å². The van der Waals surface area contributed by atoms with Gasteiger partial charge in [-0.25, -0.2) is 0 Å². The molecule has 19 heavy (non-hydrogen) atoms. The smallest absolute Gasteiger partial charge is 0.230 e. The zero-order valence-corrected chi connectivity index (χ0v) is 12.7. The summed E-state index contributed by atoms with van der Waals surface area (Å²) in [6.45, 7) is 1.92. The topological polar surface area (TPSA) is 20.3 Å². The second-order valence-electron chi connectivity index (χ2n) is 5.73. The number of benzene rings is 1. The predicted molar refractivity (Wildman–Crippen MR) is 80.6 cm³/mol. The van der Waals surface area contributed by atoms with Crippen LogP contribution < -0.4 is 0 Å². The lowest BCUT2D eigenvalue weighted by molar-refractivity contribution is -0.135. The molecule has 0 radical (unpaired) electrons. The summed E-state index contributed by atoms with van der Waals surface area (Å²) in [6, 6.07) is 8.36. The molecule has 0 N–H and O–H groups in total. The van der Waals surface area contributed by atoms with Crippen LogP contribution in [0, 0.1) is 5.92 Å². The van der Waals surface area contributed by atoms with E-state index in [2.05, 4.69) is 39.0 Å². The molecule has 3 heteroatoms. The van der Waals surface area contributed by atoms with Crippen molar-refractivity contribution in [1.82, 2.24) is 4.90 Å². The number of likely N-dealkylation sites (tertiary alicyclic amines) is 1. The summed E-state index contributed by atoms with van der Waals surface area (Å²) >= 11 is 3.51. The highest BCUT2D eigenvalue weighted by Gasteiger charge is 2.36. The monoisotopic (exact) mass is 321 g/mol. The van der Waals surface area contributed by atoms with E-state index in [0.29, 0.717) is 11.8 Å². The summed E-state index contributed by atoms with van der Waals surface area (Å²) < 4.78 is 0. The quantitative estimate of drug-likeness (QED) is 0.782. The number of carbonyl (C=O) groups excluding carboxylic acids is 1. The van der Waals surface area contributed by atoms with Crippen LogP contribution in [0.5, 0.6) is 0 Å². The molecular formula is C16H20BrNO. The Morgan fingerprint density at radius 3 is 3.00 bits per heavy atom. The van der Waals surface area contributed by atoms with Crippen LogP contribution in [0.25, 0.3) is 0 Å². The summed E-state index contributed by atoms with van der Waals surface area (Å²) in [4.78, 5) is 14.7. The molecule has 2 nitrogen and oxygen atoms in total. The van der Waals surface area contributed by atoms with Crippen molar-refractivity contribution >= 4 is 21.8 Å². The molecule has 2 atom stereocenters. The molecule has 0 spiro atoms. The van der Waals surface area contributed by atoms with Gasteiger partial charge in [0.15, 0.2) is 0 Å². The first-order chi connectivity index (χ1) is 9.29. The minimum absolute atomic E-state index is 0.138. The second kappa shape index (κ2) is 5.66. The third kappa shape index (κ3) is 2.58. The molecule has 0 saturated carbocycles. The maximum atomic E-state index is 12.6. The van der Waals surface area contributed by atoms with E-state index in [0.717, 1.165) is 31.3 Å². The highest BCUT2D eigenvalue weighted by atomic mass is 79.9. The van der Waals surface area contributed by atoms with Gasteiger partial charge in [0.2, 0.25) is 5.91 Å². The lowest BCUT2D eigenvalue weighted by atomic mass is 9.76. The van der Waals surface area contributed by atoms with E-state index in [1.807, 2.05) is 6.07 Å². The molecule has 1 amide bonds. The number of nitrogens with zero attached hydrogens (tertiary/aromatic N) is 1. The number of piperidine rings is 1. The molecule has 1 aromatic rings. The van der Waals surface area contributed by atoms with Crippen LogP contribution in [0.15, 0.2) is 24.3 Å². The molecule has 3 rings (SSSR count). The minimum atomic E-state index is 0.138. The van der Waals surface area contributed by atoms with Gasteiger partial charge in [-0.15, -0.1) is 0 Å². The van der Waals surface area contributed by atoms with Gasteiger partial charge in [0.1, 0.15) is 0 Å². The molecule has 102 valence electrons. The number of amides is 1. The number of rotatable bonds is 3. The van der Waals surface area contributed by atoms with Crippen molar-refractivity contribution in [3.63, 3.8) is 0 Å². The maximum Gasteiger partial charge on any atom is 0.230 e. The molecule has 0 bridgehead atoms. The van der Waals surface area contributed by atoms with E-state index in [1.165, 1.54) is 24.0 Å². The van der Waals surface area contributed by atoms with Crippen molar-refractivity contribution in [2.24, 2.45) is 5.92 Å². The first kappa shape index (κ1) is 13.2. The minimum Gasteiger partial charge on any atom is -0.342 e. The fourth-order valence-electron chi connectivity index (χ4n) is 3.35. The second-order valence-corrected chi connectivity index (χ2v) is 6.52. The van der Waals surface area contributed by atoms with Crippen LogP contribution in [0.3, 0.4) is 0 Å². The van der Waals surface area contributed by atoms with Crippen LogP contribution in [0.4, 0.5) is 0 Å². The van der Waals surface area contributed by atoms with Gasteiger partial charge in [0.05, 0.1) is 5.92 Å². The number of hydrogen-bond donors (Lipinski definition) is 0. The van der Waals surface area contributed by atoms with Gasteiger partial charge in [0, 0.05) is 18.4 Å². The predicted octanol–water partition coefficient (Wildman–Crippen LogP) is 3.35. The number of alkyl halides is 1. The zero-order chi connectivity index (χ0) is 13.2. The molecule has 0 aromatic heterocycles. The average molecular weight is 322 g/mol. The lowest BCUT2D eigenvalue weighted by Gasteiger charge is -2.38. The summed E-state index contributed by atoms with van der Waals surface area (Å²) in [5.74, 6) is 1.18. The maximum absolute atomic E-state index is 12.6. The summed E-state index contributed by atoms with van der Waals surface area (Å²) in [5, 5.41) is 1.05. The first-order valence-electron chi connectivity index (χ1n) is 7.22. The first-order valence-corrected chi connectivity index (χ1v) is 8.34. The van der Waals surface area contributed by atoms with Crippen molar-refractivity contribution in [2.45, 2.75) is 31.6 Å². The number of carbonyl (C=O) groups is 1. The van der Waals surface area contributed by atoms with E-state index in [9.17, 15) is 4.79 Å². The lowest BCUT2D eigenvalue weighted by Crippen LogP contribution is -2.44. The van der Waals surface area contributed by atoms with E-state index >= 15 is 0 Å². The number of hydrogen-bond acceptors (Lipinski definition) is 1. The molecule has 1 aliphatic heterocycles. The Kier molecular flexibility index (Phi) is 3.92. The third-order valence-corrected chi connectivity index (χ3v) is 4.96. The number of halogens is 1. The Morgan fingerprint density at radius 1 is 1.37 bits per heavy atom. The molecule has 1 aromatic carbocycles. The summed E-state index contributed by atoms with van der Waals surface area (Å²) in [6.07, 6.45) is 4.56. The van der Waals surface area contributed by atoms with Gasteiger partial charge in [-0.2, -0.15) is 0 Å². The van der Waals surface area contributed by atoms with E-state index in [4.69, 9.17) is 0 Å². The summed E-state index contributed by atoms with van der Waals surface area (Å²) in [7, 11) is 0. The van der Waals surface area contributed by atoms with Gasteiger partial charge in [-0.1, -0.05) is 40.2 Å². The molecular weight excluding hydrogens is 302 g/mol. The molecule has 2 unspecified atom stereocenters. The fraction of sp³-hybridized carbons (Fsp3) is 0.562. The van der Waals surface area contributed by atoms with Crippen molar-refractivity contribution in [2.75, 3.05) is 18.4 Å². The number of fused-ring (bicyclic) bond motifs is 1. The Labute approximate surface area is 123 Å². The molecule has 1 fully saturated rings. The Bertz CT molecular complexity index is 472. The van der Waals surface area contributed by atoms with Gasteiger partial charge < -0.3 is 4.90 Å². The Balaban J connectivity index is 1.65. The van der Waals surface area contributed by atoms with Crippen LogP contribution in [0.2, 0.25) is 0 Å². The normalized spacial score (nSPS) is 25.6. The van der Waals surface area contributed by atoms with E-state index in [1.54, 1.807) is 0 Å². The fourth-order valence-corrected chi connectivity index (χ4v) is 4.00. The summed E-state index contributed by atoms with van der Waals surface area (Å²) in [5.41, 5.74) is 2.62. The zero-order valence-electron chi connectivity index (χ0n) is 11.1. The van der Waals surface area contributed by atoms with Crippen molar-refractivity contribution in [1.29, 1.82) is 0 Å². The van der Waals surface area contributed by atoms with Crippen molar-refractivity contribution in [3.8, 4) is 0 Å². The standard InChI is InChI=1S/C16H20BrNO/c17-8-7-12-4-3-9-18(11-12)16(19)15-10-13-5-1-2-6-14(13)15/h1-2,5-6,12,15H,3-4,7-11H2. The molecule has 1 saturated heterocycles. The van der Waals surface area contributed by atoms with Gasteiger partial charge in [0.25, 0.3) is 0 Å². The van der Waals surface area contributed by atoms with E-state index < -0.39 is 0 Å². The highest BCUT2D eigenvalue weighted by molar-refractivity contribution is 9.09. The van der Waals surface area contributed by atoms with Gasteiger partial charge in [-0.05, 0) is 42.7 Å². The van der Waals surface area contributed by atoms with Gasteiger partial charge in [-0.3, -0.25) is 4.79 Å². The molecule has 1 aliphatic carbocycles. The SMILES string of the molecule is O=C(C1Cc2ccccc21)N1CCCC(CCBr)C1. The molecule has 2 aliphatic rings. The van der Waals surface area contributed by atoms with E-state index in [-0.39, 0.29) is 5.92 Å². The van der Waals surface area contributed by atoms with Crippen LogP contribution in [-0.4, -0.2) is 29.2 Å². The molecule has 1 heterocycles. The van der Waals surface area contributed by atoms with Crippen LogP contribution in [-0.2, 0) is 11.2 Å². The third-order valence-electron chi connectivity index (χ3n) is 4.50. The van der Waals surface area contributed by atoms with Crippen LogP contribution in [0.1, 0.15) is 36.3 Å². The average Bonchev–Trinajstić information content (AvgIpc) is 2.41. The van der Waals surface area contributed by atoms with Gasteiger partial charge >= 0.3 is 0 Å². The Hall–Kier alpha value is -0.830. The largest absolute Gasteiger partial charge is 0.342 e. The Morgan fingerprint density at radius 2 is 2.21 bits per heavy atom. The highest BCUT2D eigenvalue weighted by Crippen LogP contribution is 2.37. The van der Waals surface area contributed by atoms with Crippen molar-refractivity contribution in [3.05, 3.63) is 35.4 Å².